The van der Waals surface area contributed by atoms with E-state index in [4.69, 9.17) is 5.11 Å². The number of pyridine rings is 1. The van der Waals surface area contributed by atoms with Gasteiger partial charge < -0.3 is 5.11 Å². The predicted molar refractivity (Wildman–Crippen MR) is 54.8 cm³/mol. The standard InChI is InChI=1S/C10H11NO2.ClH/c12-10(13)6-9-8(7-3-4-7)2-1-5-11-9;/h1-2,5,7H,3-4,6H2,(H,12,13);1H. The molecule has 0 bridgehead atoms. The molecule has 0 unspecified atom stereocenters. The van der Waals surface area contributed by atoms with Gasteiger partial charge in [0, 0.05) is 6.20 Å². The second-order valence-corrected chi connectivity index (χ2v) is 3.38. The zero-order chi connectivity index (χ0) is 9.26. The smallest absolute Gasteiger partial charge is 0.309 e. The highest BCUT2D eigenvalue weighted by Crippen LogP contribution is 2.41. The summed E-state index contributed by atoms with van der Waals surface area (Å²) >= 11 is 0. The van der Waals surface area contributed by atoms with E-state index in [1.165, 1.54) is 12.8 Å². The van der Waals surface area contributed by atoms with Gasteiger partial charge in [-0.25, -0.2) is 0 Å². The molecule has 0 saturated heterocycles. The fourth-order valence-electron chi connectivity index (χ4n) is 1.51. The topological polar surface area (TPSA) is 50.2 Å². The van der Waals surface area contributed by atoms with Gasteiger partial charge in [0.2, 0.25) is 0 Å². The SMILES string of the molecule is Cl.O=C(O)Cc1ncccc1C1CC1. The molecule has 1 aromatic heterocycles. The largest absolute Gasteiger partial charge is 0.481 e. The second-order valence-electron chi connectivity index (χ2n) is 3.38. The highest BCUT2D eigenvalue weighted by Gasteiger charge is 2.26. The molecule has 2 rings (SSSR count). The van der Waals surface area contributed by atoms with Crippen LogP contribution < -0.4 is 0 Å². The molecular weight excluding hydrogens is 202 g/mol. The number of carbonyl (C=O) groups is 1. The number of aliphatic carboxylic acids is 1. The minimum Gasteiger partial charge on any atom is -0.481 e. The Morgan fingerprint density at radius 2 is 2.29 bits per heavy atom. The molecule has 1 saturated carbocycles. The molecule has 1 fully saturated rings. The van der Waals surface area contributed by atoms with Gasteiger partial charge >= 0.3 is 5.97 Å². The van der Waals surface area contributed by atoms with Gasteiger partial charge in [-0.3, -0.25) is 9.78 Å². The number of halogens is 1. The number of hydrogen-bond acceptors (Lipinski definition) is 2. The minimum atomic E-state index is -0.805. The minimum absolute atomic E-state index is 0. The van der Waals surface area contributed by atoms with Gasteiger partial charge in [-0.2, -0.15) is 0 Å². The highest BCUT2D eigenvalue weighted by molar-refractivity contribution is 5.85. The summed E-state index contributed by atoms with van der Waals surface area (Å²) in [6, 6.07) is 3.86. The first-order valence-corrected chi connectivity index (χ1v) is 4.43. The molecule has 4 heteroatoms. The Balaban J connectivity index is 0.000000980. The quantitative estimate of drug-likeness (QED) is 0.836. The van der Waals surface area contributed by atoms with Crippen LogP contribution in [0, 0.1) is 0 Å². The molecule has 14 heavy (non-hydrogen) atoms. The number of aromatic nitrogens is 1. The Morgan fingerprint density at radius 3 is 2.86 bits per heavy atom. The molecule has 0 aromatic carbocycles. The molecule has 1 aliphatic carbocycles. The first-order valence-electron chi connectivity index (χ1n) is 4.43. The van der Waals surface area contributed by atoms with Crippen molar-refractivity contribution in [2.45, 2.75) is 25.2 Å². The van der Waals surface area contributed by atoms with E-state index in [0.29, 0.717) is 5.92 Å². The van der Waals surface area contributed by atoms with Crippen LogP contribution in [0.25, 0.3) is 0 Å². The van der Waals surface area contributed by atoms with Crippen molar-refractivity contribution in [2.24, 2.45) is 0 Å². The Hall–Kier alpha value is -1.09. The summed E-state index contributed by atoms with van der Waals surface area (Å²) in [4.78, 5) is 14.6. The summed E-state index contributed by atoms with van der Waals surface area (Å²) in [5.41, 5.74) is 1.86. The number of nitrogens with zero attached hydrogens (tertiary/aromatic N) is 1. The van der Waals surface area contributed by atoms with Crippen molar-refractivity contribution in [3.8, 4) is 0 Å². The molecule has 76 valence electrons. The van der Waals surface area contributed by atoms with Crippen LogP contribution in [-0.4, -0.2) is 16.1 Å². The Kier molecular flexibility index (Phi) is 3.47. The van der Waals surface area contributed by atoms with E-state index >= 15 is 0 Å². The third kappa shape index (κ3) is 2.45. The van der Waals surface area contributed by atoms with Crippen LogP contribution in [0.3, 0.4) is 0 Å². The Morgan fingerprint density at radius 1 is 1.57 bits per heavy atom. The third-order valence-electron chi connectivity index (χ3n) is 2.26. The van der Waals surface area contributed by atoms with Gasteiger partial charge in [0.1, 0.15) is 0 Å². The Bertz CT molecular complexity index is 337. The van der Waals surface area contributed by atoms with E-state index in [1.807, 2.05) is 12.1 Å². The fraction of sp³-hybridized carbons (Fsp3) is 0.400. The lowest BCUT2D eigenvalue weighted by Crippen LogP contribution is -2.05. The van der Waals surface area contributed by atoms with Crippen molar-refractivity contribution < 1.29 is 9.90 Å². The van der Waals surface area contributed by atoms with E-state index < -0.39 is 5.97 Å². The van der Waals surface area contributed by atoms with Crippen molar-refractivity contribution >= 4 is 18.4 Å². The maximum atomic E-state index is 10.5. The molecule has 1 aromatic rings. The molecule has 0 radical (unpaired) electrons. The van der Waals surface area contributed by atoms with Crippen molar-refractivity contribution in [3.05, 3.63) is 29.6 Å². The molecule has 0 atom stereocenters. The molecule has 1 aliphatic rings. The summed E-state index contributed by atoms with van der Waals surface area (Å²) in [5, 5.41) is 8.65. The zero-order valence-electron chi connectivity index (χ0n) is 7.64. The van der Waals surface area contributed by atoms with Gasteiger partial charge in [-0.15, -0.1) is 12.4 Å². The first-order chi connectivity index (χ1) is 6.27. The molecular formula is C10H12ClNO2. The van der Waals surface area contributed by atoms with Crippen LogP contribution >= 0.6 is 12.4 Å². The average molecular weight is 214 g/mol. The lowest BCUT2D eigenvalue weighted by Gasteiger charge is -2.03. The maximum absolute atomic E-state index is 10.5. The van der Waals surface area contributed by atoms with Crippen LogP contribution in [0.5, 0.6) is 0 Å². The molecule has 1 N–H and O–H groups in total. The number of carboxylic acid groups (broad SMARTS) is 1. The zero-order valence-corrected chi connectivity index (χ0v) is 8.46. The Labute approximate surface area is 88.6 Å². The van der Waals surface area contributed by atoms with E-state index in [2.05, 4.69) is 4.98 Å². The van der Waals surface area contributed by atoms with Gasteiger partial charge in [0.25, 0.3) is 0 Å². The first kappa shape index (κ1) is 11.0. The van der Waals surface area contributed by atoms with Crippen LogP contribution in [0.4, 0.5) is 0 Å². The third-order valence-corrected chi connectivity index (χ3v) is 2.26. The van der Waals surface area contributed by atoms with Gasteiger partial charge in [0.05, 0.1) is 12.1 Å². The van der Waals surface area contributed by atoms with Crippen LogP contribution in [0.2, 0.25) is 0 Å². The normalized spacial score (nSPS) is 14.6. The predicted octanol–water partition coefficient (Wildman–Crippen LogP) is 2.01. The lowest BCUT2D eigenvalue weighted by molar-refractivity contribution is -0.136. The summed E-state index contributed by atoms with van der Waals surface area (Å²) in [6.45, 7) is 0. The molecule has 1 heterocycles. The van der Waals surface area contributed by atoms with Gasteiger partial charge in [0.15, 0.2) is 0 Å². The van der Waals surface area contributed by atoms with E-state index in [9.17, 15) is 4.79 Å². The molecule has 0 spiro atoms. The van der Waals surface area contributed by atoms with E-state index in [0.717, 1.165) is 11.3 Å². The monoisotopic (exact) mass is 213 g/mol. The summed E-state index contributed by atoms with van der Waals surface area (Å²) in [6.07, 6.45) is 4.06. The fourth-order valence-corrected chi connectivity index (χ4v) is 1.51. The van der Waals surface area contributed by atoms with Gasteiger partial charge in [-0.1, -0.05) is 6.07 Å². The summed E-state index contributed by atoms with van der Waals surface area (Å²) in [5.74, 6) is -0.233. The molecule has 0 amide bonds. The second kappa shape index (κ2) is 4.42. The van der Waals surface area contributed by atoms with E-state index in [1.54, 1.807) is 6.20 Å². The summed E-state index contributed by atoms with van der Waals surface area (Å²) in [7, 11) is 0. The average Bonchev–Trinajstić information content (AvgIpc) is 2.87. The number of rotatable bonds is 3. The lowest BCUT2D eigenvalue weighted by atomic mass is 10.1. The van der Waals surface area contributed by atoms with Crippen molar-refractivity contribution in [1.29, 1.82) is 0 Å². The number of hydrogen-bond donors (Lipinski definition) is 1. The molecule has 0 aliphatic heterocycles. The van der Waals surface area contributed by atoms with Crippen LogP contribution in [0.1, 0.15) is 30.0 Å². The molecule has 3 nitrogen and oxygen atoms in total. The summed E-state index contributed by atoms with van der Waals surface area (Å²) < 4.78 is 0. The van der Waals surface area contributed by atoms with Crippen molar-refractivity contribution in [1.82, 2.24) is 4.98 Å². The van der Waals surface area contributed by atoms with Gasteiger partial charge in [-0.05, 0) is 30.4 Å². The van der Waals surface area contributed by atoms with Crippen LogP contribution in [0.15, 0.2) is 18.3 Å². The number of carboxylic acids is 1. The van der Waals surface area contributed by atoms with Crippen molar-refractivity contribution in [2.75, 3.05) is 0 Å². The van der Waals surface area contributed by atoms with Crippen molar-refractivity contribution in [3.63, 3.8) is 0 Å². The maximum Gasteiger partial charge on any atom is 0.309 e. The van der Waals surface area contributed by atoms with E-state index in [-0.39, 0.29) is 18.8 Å². The highest BCUT2D eigenvalue weighted by atomic mass is 35.5. The van der Waals surface area contributed by atoms with Crippen LogP contribution in [-0.2, 0) is 11.2 Å².